The van der Waals surface area contributed by atoms with Crippen LogP contribution in [-0.4, -0.2) is 22.7 Å². The fourth-order valence-corrected chi connectivity index (χ4v) is 1.26. The van der Waals surface area contributed by atoms with Crippen LogP contribution in [0.3, 0.4) is 0 Å². The molecule has 1 aliphatic heterocycles. The van der Waals surface area contributed by atoms with Crippen molar-refractivity contribution in [1.29, 1.82) is 0 Å². The fraction of sp³-hybridized carbons (Fsp3) is 0.125. The third kappa shape index (κ3) is 1.09. The maximum Gasteiger partial charge on any atom is 0.365 e. The monoisotopic (exact) mass is 177 g/mol. The van der Waals surface area contributed by atoms with Gasteiger partial charge in [-0.1, -0.05) is 18.2 Å². The SMILES string of the molecule is NN1C(=O)N=C2C=CC=CC2C1=O. The second-order valence-corrected chi connectivity index (χ2v) is 2.75. The number of fused-ring (bicyclic) bond motifs is 1. The summed E-state index contributed by atoms with van der Waals surface area (Å²) in [5.41, 5.74) is 0.458. The van der Waals surface area contributed by atoms with Gasteiger partial charge in [-0.2, -0.15) is 10.0 Å². The van der Waals surface area contributed by atoms with E-state index in [2.05, 4.69) is 4.99 Å². The summed E-state index contributed by atoms with van der Waals surface area (Å²) in [6, 6.07) is -0.712. The van der Waals surface area contributed by atoms with Crippen molar-refractivity contribution >= 4 is 17.6 Å². The second-order valence-electron chi connectivity index (χ2n) is 2.75. The van der Waals surface area contributed by atoms with E-state index in [4.69, 9.17) is 5.84 Å². The molecule has 2 aliphatic rings. The number of carbonyl (C=O) groups is 2. The number of carbonyl (C=O) groups excluding carboxylic acids is 2. The first kappa shape index (κ1) is 7.88. The maximum absolute atomic E-state index is 11.4. The van der Waals surface area contributed by atoms with E-state index in [9.17, 15) is 9.59 Å². The summed E-state index contributed by atoms with van der Waals surface area (Å²) in [7, 11) is 0. The lowest BCUT2D eigenvalue weighted by Crippen LogP contribution is -2.49. The van der Waals surface area contributed by atoms with Crippen LogP contribution in [0.25, 0.3) is 0 Å². The zero-order valence-corrected chi connectivity index (χ0v) is 6.68. The van der Waals surface area contributed by atoms with E-state index in [1.54, 1.807) is 24.3 Å². The highest BCUT2D eigenvalue weighted by Crippen LogP contribution is 2.16. The highest BCUT2D eigenvalue weighted by Gasteiger charge is 2.33. The van der Waals surface area contributed by atoms with Gasteiger partial charge in [0.15, 0.2) is 0 Å². The first-order valence-corrected chi connectivity index (χ1v) is 3.76. The van der Waals surface area contributed by atoms with Crippen molar-refractivity contribution in [3.8, 4) is 0 Å². The minimum Gasteiger partial charge on any atom is -0.272 e. The molecular weight excluding hydrogens is 170 g/mol. The highest BCUT2D eigenvalue weighted by atomic mass is 16.2. The standard InChI is InChI=1S/C8H7N3O2/c9-11-7(12)5-3-1-2-4-6(5)10-8(11)13/h1-5H,9H2. The molecule has 2 N–H and O–H groups in total. The Kier molecular flexibility index (Phi) is 1.60. The van der Waals surface area contributed by atoms with Crippen LogP contribution in [0.4, 0.5) is 4.79 Å². The van der Waals surface area contributed by atoms with Crippen LogP contribution in [-0.2, 0) is 4.79 Å². The minimum absolute atomic E-state index is 0.435. The Morgan fingerprint density at radius 2 is 2.15 bits per heavy atom. The van der Waals surface area contributed by atoms with E-state index in [0.717, 1.165) is 0 Å². The summed E-state index contributed by atoms with van der Waals surface area (Å²) >= 11 is 0. The molecule has 1 atom stereocenters. The molecule has 0 radical (unpaired) electrons. The maximum atomic E-state index is 11.4. The van der Waals surface area contributed by atoms with Crippen LogP contribution in [0, 0.1) is 5.92 Å². The predicted molar refractivity (Wildman–Crippen MR) is 45.6 cm³/mol. The third-order valence-corrected chi connectivity index (χ3v) is 1.93. The molecule has 1 heterocycles. The van der Waals surface area contributed by atoms with Gasteiger partial charge in [0.25, 0.3) is 5.91 Å². The van der Waals surface area contributed by atoms with Crippen molar-refractivity contribution in [2.75, 3.05) is 0 Å². The molecule has 2 rings (SSSR count). The van der Waals surface area contributed by atoms with Gasteiger partial charge in [0, 0.05) is 0 Å². The molecule has 66 valence electrons. The normalized spacial score (nSPS) is 26.1. The lowest BCUT2D eigenvalue weighted by atomic mass is 9.96. The Labute approximate surface area is 74.2 Å². The van der Waals surface area contributed by atoms with Gasteiger partial charge in [0.05, 0.1) is 5.71 Å². The molecule has 0 aromatic carbocycles. The number of imide groups is 1. The van der Waals surface area contributed by atoms with Crippen LogP contribution in [0.5, 0.6) is 0 Å². The number of aliphatic imine (C=N–C) groups is 1. The van der Waals surface area contributed by atoms with Crippen molar-refractivity contribution in [3.63, 3.8) is 0 Å². The Bertz CT molecular complexity index is 368. The van der Waals surface area contributed by atoms with E-state index in [1.807, 2.05) is 0 Å². The molecule has 0 fully saturated rings. The van der Waals surface area contributed by atoms with Crippen molar-refractivity contribution in [3.05, 3.63) is 24.3 Å². The number of hydrogen-bond acceptors (Lipinski definition) is 3. The second kappa shape index (κ2) is 2.63. The van der Waals surface area contributed by atoms with Crippen LogP contribution in [0.1, 0.15) is 0 Å². The molecule has 0 bridgehead atoms. The average Bonchev–Trinajstić information content (AvgIpc) is 2.15. The van der Waals surface area contributed by atoms with Gasteiger partial charge in [0.1, 0.15) is 5.92 Å². The van der Waals surface area contributed by atoms with E-state index < -0.39 is 17.9 Å². The van der Waals surface area contributed by atoms with Gasteiger partial charge >= 0.3 is 6.03 Å². The van der Waals surface area contributed by atoms with Crippen LogP contribution >= 0.6 is 0 Å². The molecular formula is C8H7N3O2. The Morgan fingerprint density at radius 1 is 1.38 bits per heavy atom. The number of nitrogens with zero attached hydrogens (tertiary/aromatic N) is 2. The number of amides is 3. The smallest absolute Gasteiger partial charge is 0.272 e. The number of allylic oxidation sites excluding steroid dienone is 3. The van der Waals surface area contributed by atoms with Crippen molar-refractivity contribution in [2.24, 2.45) is 16.8 Å². The average molecular weight is 177 g/mol. The van der Waals surface area contributed by atoms with Gasteiger partial charge in [-0.15, -0.1) is 0 Å². The lowest BCUT2D eigenvalue weighted by Gasteiger charge is -2.24. The molecule has 0 aromatic heterocycles. The molecule has 3 amide bonds. The summed E-state index contributed by atoms with van der Waals surface area (Å²) in [4.78, 5) is 26.0. The first-order valence-electron chi connectivity index (χ1n) is 3.76. The number of rotatable bonds is 0. The number of nitrogens with two attached hydrogens (primary N) is 1. The highest BCUT2D eigenvalue weighted by molar-refractivity contribution is 6.21. The van der Waals surface area contributed by atoms with Crippen molar-refractivity contribution in [1.82, 2.24) is 5.01 Å². The molecule has 1 aliphatic carbocycles. The van der Waals surface area contributed by atoms with Gasteiger partial charge in [-0.05, 0) is 6.08 Å². The van der Waals surface area contributed by atoms with E-state index in [0.29, 0.717) is 10.7 Å². The fourth-order valence-electron chi connectivity index (χ4n) is 1.26. The molecule has 0 aromatic rings. The summed E-state index contributed by atoms with van der Waals surface area (Å²) in [6.07, 6.45) is 6.74. The number of hydrazine groups is 1. The zero-order valence-electron chi connectivity index (χ0n) is 6.68. The Hall–Kier alpha value is -1.75. The quantitative estimate of drug-likeness (QED) is 0.418. The molecule has 0 saturated carbocycles. The summed E-state index contributed by atoms with van der Waals surface area (Å²) < 4.78 is 0. The number of urea groups is 1. The van der Waals surface area contributed by atoms with E-state index >= 15 is 0 Å². The predicted octanol–water partition coefficient (Wildman–Crippen LogP) is 0.00550. The Morgan fingerprint density at radius 3 is 2.92 bits per heavy atom. The van der Waals surface area contributed by atoms with Crippen molar-refractivity contribution in [2.45, 2.75) is 0 Å². The van der Waals surface area contributed by atoms with Crippen LogP contribution < -0.4 is 5.84 Å². The molecule has 5 heteroatoms. The van der Waals surface area contributed by atoms with E-state index in [1.165, 1.54) is 0 Å². The van der Waals surface area contributed by atoms with Crippen LogP contribution in [0.15, 0.2) is 29.3 Å². The third-order valence-electron chi connectivity index (χ3n) is 1.93. The zero-order chi connectivity index (χ0) is 9.42. The minimum atomic E-state index is -0.712. The molecule has 1 unspecified atom stereocenters. The summed E-state index contributed by atoms with van der Waals surface area (Å²) in [6.45, 7) is 0. The number of hydrogen-bond donors (Lipinski definition) is 1. The largest absolute Gasteiger partial charge is 0.365 e. The van der Waals surface area contributed by atoms with Crippen molar-refractivity contribution < 1.29 is 9.59 Å². The first-order chi connectivity index (χ1) is 6.20. The molecule has 13 heavy (non-hydrogen) atoms. The lowest BCUT2D eigenvalue weighted by molar-refractivity contribution is -0.129. The van der Waals surface area contributed by atoms with Gasteiger partial charge < -0.3 is 0 Å². The Balaban J connectivity index is 2.46. The molecule has 0 spiro atoms. The van der Waals surface area contributed by atoms with Gasteiger partial charge in [0.2, 0.25) is 0 Å². The topological polar surface area (TPSA) is 75.8 Å². The summed E-state index contributed by atoms with van der Waals surface area (Å²) in [5.74, 6) is 4.27. The molecule has 5 nitrogen and oxygen atoms in total. The molecule has 0 saturated heterocycles. The van der Waals surface area contributed by atoms with E-state index in [-0.39, 0.29) is 0 Å². The summed E-state index contributed by atoms with van der Waals surface area (Å²) in [5, 5.41) is 0.539. The van der Waals surface area contributed by atoms with Gasteiger partial charge in [-0.3, -0.25) is 4.79 Å². The van der Waals surface area contributed by atoms with Crippen LogP contribution in [0.2, 0.25) is 0 Å². The van der Waals surface area contributed by atoms with Gasteiger partial charge in [-0.25, -0.2) is 10.6 Å².